The molecule has 0 heterocycles. The van der Waals surface area contributed by atoms with Crippen molar-refractivity contribution in [1.82, 2.24) is 0 Å². The van der Waals surface area contributed by atoms with E-state index < -0.39 is 6.09 Å². The molecule has 0 radical (unpaired) electrons. The quantitative estimate of drug-likeness (QED) is 0.325. The number of hydrogen-bond donors (Lipinski definition) is 1. The van der Waals surface area contributed by atoms with Gasteiger partial charge >= 0.3 is 6.09 Å². The van der Waals surface area contributed by atoms with Gasteiger partial charge < -0.3 is 4.74 Å². The molecule has 0 saturated carbocycles. The molecule has 1 N–H and O–H groups in total. The maximum Gasteiger partial charge on any atom is 0.437 e. The second-order valence-electron chi connectivity index (χ2n) is 4.45. The number of hydrogen-bond acceptors (Lipinski definition) is 4. The number of unbranched alkanes of at least 4 members (excludes halogenated alkanes) is 1. The first-order chi connectivity index (χ1) is 10.2. The lowest BCUT2D eigenvalue weighted by Gasteiger charge is -2.07. The number of carbonyl (C=O) groups is 1. The van der Waals surface area contributed by atoms with Gasteiger partial charge in [-0.15, -0.1) is 0 Å². The highest BCUT2D eigenvalue weighted by molar-refractivity contribution is 6.65. The van der Waals surface area contributed by atoms with Crippen LogP contribution in [0.4, 0.5) is 10.5 Å². The van der Waals surface area contributed by atoms with Crippen molar-refractivity contribution >= 4 is 28.6 Å². The van der Waals surface area contributed by atoms with Gasteiger partial charge in [-0.2, -0.15) is 0 Å². The average Bonchev–Trinajstić information content (AvgIpc) is 2.48. The highest BCUT2D eigenvalue weighted by Gasteiger charge is 2.04. The normalized spacial score (nSPS) is 11.1. The summed E-state index contributed by atoms with van der Waals surface area (Å²) in [5.41, 5.74) is 0.602. The lowest BCUT2D eigenvalue weighted by Crippen LogP contribution is -2.11. The molecule has 0 aliphatic carbocycles. The van der Waals surface area contributed by atoms with Crippen molar-refractivity contribution in [3.63, 3.8) is 0 Å². The molecule has 0 aliphatic rings. The van der Waals surface area contributed by atoms with Crippen LogP contribution in [0.2, 0.25) is 0 Å². The maximum absolute atomic E-state index is 11.5. The Morgan fingerprint density at radius 1 is 1.24 bits per heavy atom. The number of anilines is 1. The number of benzene rings is 1. The predicted molar refractivity (Wildman–Crippen MR) is 85.1 cm³/mol. The van der Waals surface area contributed by atoms with Crippen LogP contribution in [0, 0.1) is 0 Å². The van der Waals surface area contributed by atoms with Gasteiger partial charge in [0, 0.05) is 12.1 Å². The molecular weight excluding hydrogens is 292 g/mol. The first-order valence-electron chi connectivity index (χ1n) is 7.09. The molecule has 0 bridgehead atoms. The second kappa shape index (κ2) is 10.0. The minimum absolute atomic E-state index is 0.271. The van der Waals surface area contributed by atoms with E-state index in [4.69, 9.17) is 16.3 Å². The molecule has 1 aromatic rings. The molecule has 0 spiro atoms. The fourth-order valence-electron chi connectivity index (χ4n) is 1.45. The molecule has 1 rings (SSSR count). The summed E-state index contributed by atoms with van der Waals surface area (Å²) in [5.74, 6) is 0.770. The van der Waals surface area contributed by atoms with E-state index >= 15 is 0 Å². The van der Waals surface area contributed by atoms with Crippen molar-refractivity contribution in [3.05, 3.63) is 24.3 Å². The smallest absolute Gasteiger partial charge is 0.437 e. The summed E-state index contributed by atoms with van der Waals surface area (Å²) >= 11 is 5.74. The monoisotopic (exact) mass is 312 g/mol. The van der Waals surface area contributed by atoms with Gasteiger partial charge in [-0.3, -0.25) is 10.2 Å². The Hall–Kier alpha value is -1.75. The summed E-state index contributed by atoms with van der Waals surface area (Å²) in [5, 5.41) is 6.34. The van der Waals surface area contributed by atoms with Gasteiger partial charge in [-0.1, -0.05) is 37.0 Å². The number of halogens is 1. The summed E-state index contributed by atoms with van der Waals surface area (Å²) in [7, 11) is 0. The molecule has 1 amide bonds. The molecule has 0 atom stereocenters. The fraction of sp³-hybridized carbons (Fsp3) is 0.467. The largest absolute Gasteiger partial charge is 0.494 e. The molecule has 5 nitrogen and oxygen atoms in total. The van der Waals surface area contributed by atoms with Crippen molar-refractivity contribution in [3.8, 4) is 5.75 Å². The molecule has 0 unspecified atom stereocenters. The number of carbonyl (C=O) groups excluding carboxylic acids is 1. The molecule has 0 saturated heterocycles. The van der Waals surface area contributed by atoms with E-state index in [2.05, 4.69) is 22.2 Å². The zero-order chi connectivity index (χ0) is 15.5. The summed E-state index contributed by atoms with van der Waals surface area (Å²) in [4.78, 5) is 16.1. The zero-order valence-corrected chi connectivity index (χ0v) is 13.2. The Morgan fingerprint density at radius 3 is 2.57 bits per heavy atom. The van der Waals surface area contributed by atoms with E-state index in [0.29, 0.717) is 18.7 Å². The van der Waals surface area contributed by atoms with E-state index in [1.807, 2.05) is 6.92 Å². The average molecular weight is 313 g/mol. The molecule has 0 aliphatic heterocycles. The van der Waals surface area contributed by atoms with Crippen molar-refractivity contribution in [2.24, 2.45) is 5.16 Å². The van der Waals surface area contributed by atoms with Crippen LogP contribution in [-0.4, -0.2) is 17.9 Å². The summed E-state index contributed by atoms with van der Waals surface area (Å²) in [6, 6.07) is 7.05. The van der Waals surface area contributed by atoms with E-state index in [9.17, 15) is 4.79 Å². The van der Waals surface area contributed by atoms with Crippen molar-refractivity contribution in [1.29, 1.82) is 0 Å². The molecule has 0 fully saturated rings. The molecule has 1 aromatic carbocycles. The second-order valence-corrected chi connectivity index (χ2v) is 4.88. The van der Waals surface area contributed by atoms with Crippen molar-refractivity contribution < 1.29 is 14.4 Å². The third-order valence-electron chi connectivity index (χ3n) is 2.55. The topological polar surface area (TPSA) is 59.9 Å². The van der Waals surface area contributed by atoms with Crippen LogP contribution in [0.15, 0.2) is 29.4 Å². The van der Waals surface area contributed by atoms with E-state index in [0.717, 1.165) is 25.0 Å². The van der Waals surface area contributed by atoms with Crippen LogP contribution < -0.4 is 10.1 Å². The Morgan fingerprint density at radius 2 is 1.95 bits per heavy atom. The van der Waals surface area contributed by atoms with Crippen LogP contribution >= 0.6 is 11.6 Å². The summed E-state index contributed by atoms with van der Waals surface area (Å²) < 4.78 is 5.53. The molecule has 0 aromatic heterocycles. The highest BCUT2D eigenvalue weighted by atomic mass is 35.5. The van der Waals surface area contributed by atoms with Gasteiger partial charge in [-0.25, -0.2) is 4.79 Å². The summed E-state index contributed by atoms with van der Waals surface area (Å²) in [6.07, 6.45) is 2.85. The maximum atomic E-state index is 11.5. The highest BCUT2D eigenvalue weighted by Crippen LogP contribution is 2.16. The van der Waals surface area contributed by atoms with E-state index in [-0.39, 0.29) is 5.17 Å². The number of rotatable bonds is 8. The number of ether oxygens (including phenoxy) is 1. The van der Waals surface area contributed by atoms with Gasteiger partial charge in [-0.05, 0) is 37.1 Å². The SMILES string of the molecule is CCCCOc1ccc(NC(=O)O/N=C(\Cl)CCC)cc1. The Kier molecular flexibility index (Phi) is 8.28. The number of amides is 1. The van der Waals surface area contributed by atoms with Gasteiger partial charge in [0.05, 0.1) is 6.61 Å². The Labute approximate surface area is 130 Å². The minimum Gasteiger partial charge on any atom is -0.494 e. The Balaban J connectivity index is 2.40. The predicted octanol–water partition coefficient (Wildman–Crippen LogP) is 4.77. The summed E-state index contributed by atoms with van der Waals surface area (Å²) in [6.45, 7) is 4.76. The first-order valence-corrected chi connectivity index (χ1v) is 7.46. The van der Waals surface area contributed by atoms with E-state index in [1.165, 1.54) is 0 Å². The lowest BCUT2D eigenvalue weighted by molar-refractivity contribution is 0.166. The van der Waals surface area contributed by atoms with Crippen LogP contribution in [0.25, 0.3) is 0 Å². The number of nitrogens with one attached hydrogen (secondary N) is 1. The van der Waals surface area contributed by atoms with Gasteiger partial charge in [0.25, 0.3) is 0 Å². The zero-order valence-electron chi connectivity index (χ0n) is 12.4. The minimum atomic E-state index is -0.677. The third kappa shape index (κ3) is 7.56. The molecular formula is C15H21ClN2O3. The van der Waals surface area contributed by atoms with Crippen LogP contribution in [0.5, 0.6) is 5.75 Å². The molecule has 6 heteroatoms. The van der Waals surface area contributed by atoms with Crippen molar-refractivity contribution in [2.45, 2.75) is 39.5 Å². The van der Waals surface area contributed by atoms with Gasteiger partial charge in [0.15, 0.2) is 0 Å². The van der Waals surface area contributed by atoms with Crippen LogP contribution in [-0.2, 0) is 4.84 Å². The van der Waals surface area contributed by atoms with Crippen LogP contribution in [0.3, 0.4) is 0 Å². The third-order valence-corrected chi connectivity index (χ3v) is 2.81. The lowest BCUT2D eigenvalue weighted by atomic mass is 10.3. The first kappa shape index (κ1) is 17.3. The van der Waals surface area contributed by atoms with Gasteiger partial charge in [0.2, 0.25) is 0 Å². The number of oxime groups is 1. The van der Waals surface area contributed by atoms with E-state index in [1.54, 1.807) is 24.3 Å². The van der Waals surface area contributed by atoms with Crippen LogP contribution in [0.1, 0.15) is 39.5 Å². The number of nitrogens with zero attached hydrogens (tertiary/aromatic N) is 1. The molecule has 21 heavy (non-hydrogen) atoms. The fourth-order valence-corrected chi connectivity index (χ4v) is 1.68. The Bertz CT molecular complexity index is 460. The van der Waals surface area contributed by atoms with Crippen molar-refractivity contribution in [2.75, 3.05) is 11.9 Å². The van der Waals surface area contributed by atoms with Gasteiger partial charge in [0.1, 0.15) is 10.9 Å². The standard InChI is InChI=1S/C15H21ClN2O3/c1-3-5-11-20-13-9-7-12(8-10-13)17-15(19)21-18-14(16)6-4-2/h7-10H,3-6,11H2,1-2H3,(H,17,19)/b18-14-. The molecule has 116 valence electrons.